The van der Waals surface area contributed by atoms with E-state index >= 15 is 0 Å². The number of rotatable bonds is 13. The Morgan fingerprint density at radius 3 is 1.70 bits per heavy atom. The minimum atomic E-state index is 0.00648. The molecule has 0 radical (unpaired) electrons. The number of hydrogen-bond donors (Lipinski definition) is 3. The number of nitrogens with two attached hydrogens (primary N) is 1. The van der Waals surface area contributed by atoms with E-state index in [4.69, 9.17) is 20.7 Å². The summed E-state index contributed by atoms with van der Waals surface area (Å²) in [4.78, 5) is 62.4. The minimum Gasteiger partial charge on any atom is -0.491 e. The summed E-state index contributed by atoms with van der Waals surface area (Å²) in [5.74, 6) is 3.28. The summed E-state index contributed by atoms with van der Waals surface area (Å²) in [7, 11) is 7.26. The van der Waals surface area contributed by atoms with Crippen LogP contribution in [-0.4, -0.2) is 108 Å². The molecule has 0 spiro atoms. The number of fused-ring (bicyclic) bond motifs is 8. The van der Waals surface area contributed by atoms with Gasteiger partial charge in [-0.25, -0.2) is 19.9 Å². The van der Waals surface area contributed by atoms with Crippen LogP contribution in [0.15, 0.2) is 52.0 Å². The standard InChI is InChI=1S/C23H24N8O2S.C23H26N6O2S/c1-31(2)23(32)13-3-4-16-19(9-13)34-22-20(16)21(26-12-27-22)29-17-7-14-10-25-11-15(14)8-18(17)33-6-5-28-30-24;1-29(2)23(30)13-3-4-16-19(9-13)32-22-20(16)21(26-12-27-22)28-17-7-14-10-25-11-15(14)8-18(17)31-6-5-24/h7-8,10,12-13H,3-6,9,11H2,1-2H3,(H,26,27,29);7-8,10,12-13H,3-6,9,11,24H2,1-2H3,(H,26,27,28)/t2*13-/m00/s1. The molecule has 2 aromatic carbocycles. The maximum Gasteiger partial charge on any atom is 0.225 e. The van der Waals surface area contributed by atoms with Crippen LogP contribution < -0.4 is 25.8 Å². The second-order valence-corrected chi connectivity index (χ2v) is 19.0. The van der Waals surface area contributed by atoms with E-state index in [-0.39, 0.29) is 36.8 Å². The van der Waals surface area contributed by atoms with Gasteiger partial charge in [0.15, 0.2) is 0 Å². The summed E-state index contributed by atoms with van der Waals surface area (Å²) in [5, 5.41) is 12.6. The van der Waals surface area contributed by atoms with Crippen molar-refractivity contribution in [1.29, 1.82) is 0 Å². The average molecular weight is 927 g/mol. The van der Waals surface area contributed by atoms with Crippen LogP contribution in [0.5, 0.6) is 11.5 Å². The summed E-state index contributed by atoms with van der Waals surface area (Å²) in [6.07, 6.45) is 11.7. The highest BCUT2D eigenvalue weighted by Crippen LogP contribution is 2.44. The number of carbonyl (C=O) groups excluding carboxylic acids is 2. The highest BCUT2D eigenvalue weighted by atomic mass is 32.1. The van der Waals surface area contributed by atoms with Gasteiger partial charge in [-0.05, 0) is 102 Å². The number of ether oxygens (including phenoxy) is 2. The molecule has 0 saturated carbocycles. The van der Waals surface area contributed by atoms with Crippen LogP contribution in [0.2, 0.25) is 0 Å². The number of benzene rings is 2. The third kappa shape index (κ3) is 9.09. The van der Waals surface area contributed by atoms with Crippen LogP contribution in [0.3, 0.4) is 0 Å². The van der Waals surface area contributed by atoms with Crippen molar-refractivity contribution < 1.29 is 19.1 Å². The number of aromatic nitrogens is 4. The van der Waals surface area contributed by atoms with Gasteiger partial charge in [0.2, 0.25) is 11.8 Å². The molecule has 0 bridgehead atoms. The maximum absolute atomic E-state index is 12.5. The lowest BCUT2D eigenvalue weighted by Gasteiger charge is -2.24. The highest BCUT2D eigenvalue weighted by molar-refractivity contribution is 7.19. The molecule has 2 atom stereocenters. The first kappa shape index (κ1) is 44.5. The van der Waals surface area contributed by atoms with E-state index in [1.165, 1.54) is 20.9 Å². The molecule has 4 N–H and O–H groups in total. The molecule has 2 aliphatic heterocycles. The third-order valence-corrected chi connectivity index (χ3v) is 14.5. The summed E-state index contributed by atoms with van der Waals surface area (Å²) in [6.45, 7) is 2.67. The molecule has 0 unspecified atom stereocenters. The number of carbonyl (C=O) groups is 2. The van der Waals surface area contributed by atoms with Crippen LogP contribution >= 0.6 is 22.7 Å². The van der Waals surface area contributed by atoms with Gasteiger partial charge in [0.1, 0.15) is 52.1 Å². The topological polar surface area (TPSA) is 234 Å². The van der Waals surface area contributed by atoms with Gasteiger partial charge >= 0.3 is 0 Å². The number of amides is 2. The van der Waals surface area contributed by atoms with E-state index in [1.54, 1.807) is 45.1 Å². The molecular weight excluding hydrogens is 877 g/mol. The molecule has 6 heterocycles. The number of hydrogen-bond acceptors (Lipinski definition) is 16. The Bertz CT molecular complexity index is 2960. The van der Waals surface area contributed by atoms with Gasteiger partial charge in [-0.15, -0.1) is 22.7 Å². The Balaban J connectivity index is 0.000000166. The van der Waals surface area contributed by atoms with Crippen LogP contribution in [-0.2, 0) is 48.4 Å². The predicted octanol–water partition coefficient (Wildman–Crippen LogP) is 7.15. The molecule has 0 saturated heterocycles. The van der Waals surface area contributed by atoms with Crippen molar-refractivity contribution in [3.05, 3.63) is 90.5 Å². The lowest BCUT2D eigenvalue weighted by molar-refractivity contribution is -0.134. The fourth-order valence-electron chi connectivity index (χ4n) is 8.94. The van der Waals surface area contributed by atoms with Crippen molar-refractivity contribution in [3.63, 3.8) is 0 Å². The van der Waals surface area contributed by atoms with Crippen molar-refractivity contribution in [2.24, 2.45) is 32.7 Å². The van der Waals surface area contributed by atoms with Gasteiger partial charge in [0, 0.05) is 73.7 Å². The number of nitrogens with one attached hydrogen (secondary N) is 2. The Morgan fingerprint density at radius 2 is 1.24 bits per heavy atom. The zero-order valence-electron chi connectivity index (χ0n) is 37.2. The smallest absolute Gasteiger partial charge is 0.225 e. The fraction of sp³-hybridized carbons (Fsp3) is 0.391. The predicted molar refractivity (Wildman–Crippen MR) is 259 cm³/mol. The van der Waals surface area contributed by atoms with Crippen LogP contribution in [0, 0.1) is 11.8 Å². The normalized spacial score (nSPS) is 16.3. The van der Waals surface area contributed by atoms with E-state index in [1.807, 2.05) is 58.8 Å². The van der Waals surface area contributed by atoms with Crippen LogP contribution in [0.1, 0.15) is 56.0 Å². The van der Waals surface area contributed by atoms with E-state index in [2.05, 4.69) is 56.6 Å². The molecule has 340 valence electrons. The molecule has 2 aliphatic carbocycles. The molecule has 10 rings (SSSR count). The molecule has 18 nitrogen and oxygen atoms in total. The van der Waals surface area contributed by atoms with E-state index in [0.29, 0.717) is 32.0 Å². The van der Waals surface area contributed by atoms with Crippen molar-refractivity contribution >= 4 is 90.4 Å². The zero-order valence-corrected chi connectivity index (χ0v) is 38.8. The zero-order chi connectivity index (χ0) is 45.9. The first-order valence-corrected chi connectivity index (χ1v) is 23.5. The first-order chi connectivity index (χ1) is 32.1. The van der Waals surface area contributed by atoms with Crippen molar-refractivity contribution in [3.8, 4) is 11.5 Å². The molecule has 20 heteroatoms. The summed E-state index contributed by atoms with van der Waals surface area (Å²) in [5.41, 5.74) is 22.6. The van der Waals surface area contributed by atoms with Crippen molar-refractivity contribution in [2.45, 2.75) is 51.6 Å². The van der Waals surface area contributed by atoms with Gasteiger partial charge in [0.25, 0.3) is 0 Å². The lowest BCUT2D eigenvalue weighted by atomic mass is 9.87. The van der Waals surface area contributed by atoms with Crippen molar-refractivity contribution in [2.75, 3.05) is 65.1 Å². The Morgan fingerprint density at radius 1 is 0.758 bits per heavy atom. The summed E-state index contributed by atoms with van der Waals surface area (Å²) < 4.78 is 11.9. The van der Waals surface area contributed by atoms with Crippen molar-refractivity contribution in [1.82, 2.24) is 29.7 Å². The quantitative estimate of drug-likeness (QED) is 0.0455. The van der Waals surface area contributed by atoms with E-state index < -0.39 is 0 Å². The Labute approximate surface area is 389 Å². The number of aryl methyl sites for hydroxylation is 2. The lowest BCUT2D eigenvalue weighted by Crippen LogP contribution is -2.32. The van der Waals surface area contributed by atoms with Crippen LogP contribution in [0.4, 0.5) is 23.0 Å². The number of azide groups is 1. The SMILES string of the molecule is CN(C)C(=O)[C@H]1CCc2c(sc3ncnc(Nc4cc5c(cc4OCCN)CN=C5)c23)C1.CN(C)C(=O)[C@H]1CCc2c(sc3ncnc(Nc4cc5c(cc4OCCN=[N+]=[N-])CN=C5)c23)C1. The van der Waals surface area contributed by atoms with Gasteiger partial charge in [-0.2, -0.15) is 0 Å². The third-order valence-electron chi connectivity index (χ3n) is 12.1. The van der Waals surface area contributed by atoms with Gasteiger partial charge in [0.05, 0.1) is 48.4 Å². The Kier molecular flexibility index (Phi) is 13.1. The average Bonchev–Trinajstić information content (AvgIpc) is 4.14. The number of nitrogens with zero attached hydrogens (tertiary/aromatic N) is 11. The molecular formula is C46H50N14O4S2. The molecule has 4 aromatic heterocycles. The molecule has 66 heavy (non-hydrogen) atoms. The monoisotopic (exact) mass is 926 g/mol. The first-order valence-electron chi connectivity index (χ1n) is 21.9. The molecule has 0 fully saturated rings. The van der Waals surface area contributed by atoms with Gasteiger partial charge < -0.3 is 35.6 Å². The minimum absolute atomic E-state index is 0.00648. The Hall–Kier alpha value is -6.73. The summed E-state index contributed by atoms with van der Waals surface area (Å²) in [6, 6.07) is 8.06. The second-order valence-electron chi connectivity index (χ2n) is 16.9. The van der Waals surface area contributed by atoms with E-state index in [9.17, 15) is 9.59 Å². The summed E-state index contributed by atoms with van der Waals surface area (Å²) >= 11 is 3.30. The number of aliphatic imine (C=N–C) groups is 2. The maximum atomic E-state index is 12.5. The van der Waals surface area contributed by atoms with E-state index in [0.717, 1.165) is 110 Å². The molecule has 6 aromatic rings. The molecule has 4 aliphatic rings. The number of anilines is 4. The molecule has 2 amide bonds. The highest BCUT2D eigenvalue weighted by Gasteiger charge is 2.32. The van der Waals surface area contributed by atoms with Gasteiger partial charge in [-0.1, -0.05) is 5.11 Å². The second kappa shape index (κ2) is 19.4. The number of thiophene rings is 2. The fourth-order valence-corrected chi connectivity index (χ4v) is 11.5. The largest absolute Gasteiger partial charge is 0.491 e. The van der Waals surface area contributed by atoms with Gasteiger partial charge in [-0.3, -0.25) is 19.6 Å². The van der Waals surface area contributed by atoms with Crippen LogP contribution in [0.25, 0.3) is 30.9 Å².